The maximum atomic E-state index is 12.7. The molecule has 3 rings (SSSR count). The number of fused-ring (bicyclic) bond motifs is 1. The molecule has 0 fully saturated rings. The van der Waals surface area contributed by atoms with Gasteiger partial charge < -0.3 is 10.1 Å². The van der Waals surface area contributed by atoms with Crippen molar-refractivity contribution in [1.82, 2.24) is 5.32 Å². The summed E-state index contributed by atoms with van der Waals surface area (Å²) >= 11 is 0. The average Bonchev–Trinajstić information content (AvgIpc) is 2.62. The Balaban J connectivity index is 1.68. The van der Waals surface area contributed by atoms with Crippen LogP contribution in [0.15, 0.2) is 48.5 Å². The van der Waals surface area contributed by atoms with E-state index in [9.17, 15) is 4.79 Å². The van der Waals surface area contributed by atoms with Crippen molar-refractivity contribution >= 4 is 5.91 Å². The first kappa shape index (κ1) is 17.5. The zero-order valence-electron chi connectivity index (χ0n) is 15.3. The Morgan fingerprint density at radius 2 is 1.80 bits per heavy atom. The highest BCUT2D eigenvalue weighted by molar-refractivity contribution is 5.81. The van der Waals surface area contributed by atoms with Crippen LogP contribution in [0.5, 0.6) is 5.75 Å². The van der Waals surface area contributed by atoms with Crippen molar-refractivity contribution in [3.8, 4) is 5.75 Å². The largest absolute Gasteiger partial charge is 0.481 e. The Morgan fingerprint density at radius 3 is 2.60 bits per heavy atom. The number of rotatable bonds is 5. The second-order valence-corrected chi connectivity index (χ2v) is 7.10. The van der Waals surface area contributed by atoms with Crippen molar-refractivity contribution in [3.63, 3.8) is 0 Å². The molecule has 0 bridgehead atoms. The number of carbonyl (C=O) groups is 1. The summed E-state index contributed by atoms with van der Waals surface area (Å²) < 4.78 is 5.99. The van der Waals surface area contributed by atoms with Crippen LogP contribution in [0.25, 0.3) is 0 Å². The monoisotopic (exact) mass is 337 g/mol. The predicted molar refractivity (Wildman–Crippen MR) is 101 cm³/mol. The van der Waals surface area contributed by atoms with Gasteiger partial charge in [0.1, 0.15) is 5.75 Å². The number of amides is 1. The van der Waals surface area contributed by atoms with E-state index in [0.29, 0.717) is 5.92 Å². The Morgan fingerprint density at radius 1 is 1.08 bits per heavy atom. The van der Waals surface area contributed by atoms with Crippen molar-refractivity contribution in [2.45, 2.75) is 58.1 Å². The molecule has 0 saturated heterocycles. The molecule has 2 aromatic carbocycles. The molecule has 3 nitrogen and oxygen atoms in total. The van der Waals surface area contributed by atoms with Gasteiger partial charge in [-0.3, -0.25) is 4.79 Å². The first-order valence-corrected chi connectivity index (χ1v) is 9.20. The van der Waals surface area contributed by atoms with Crippen molar-refractivity contribution in [2.75, 3.05) is 0 Å². The average molecular weight is 337 g/mol. The second-order valence-electron chi connectivity index (χ2n) is 7.10. The minimum absolute atomic E-state index is 0.0553. The zero-order valence-corrected chi connectivity index (χ0v) is 15.3. The van der Waals surface area contributed by atoms with Crippen molar-refractivity contribution in [2.24, 2.45) is 0 Å². The quantitative estimate of drug-likeness (QED) is 0.853. The molecule has 132 valence electrons. The van der Waals surface area contributed by atoms with Crippen LogP contribution in [0.2, 0.25) is 0 Å². The number of ether oxygens (including phenoxy) is 1. The lowest BCUT2D eigenvalue weighted by atomic mass is 9.87. The first-order valence-electron chi connectivity index (χ1n) is 9.20. The van der Waals surface area contributed by atoms with Crippen LogP contribution >= 0.6 is 0 Å². The lowest BCUT2D eigenvalue weighted by Gasteiger charge is -2.28. The van der Waals surface area contributed by atoms with Crippen molar-refractivity contribution in [3.05, 3.63) is 65.2 Å². The molecule has 25 heavy (non-hydrogen) atoms. The van der Waals surface area contributed by atoms with E-state index in [4.69, 9.17) is 4.74 Å². The zero-order chi connectivity index (χ0) is 17.8. The number of hydrogen-bond donors (Lipinski definition) is 1. The van der Waals surface area contributed by atoms with E-state index < -0.39 is 6.10 Å². The summed E-state index contributed by atoms with van der Waals surface area (Å²) in [6.07, 6.45) is 2.66. The van der Waals surface area contributed by atoms with Gasteiger partial charge >= 0.3 is 0 Å². The maximum absolute atomic E-state index is 12.7. The van der Waals surface area contributed by atoms with E-state index in [1.54, 1.807) is 0 Å². The van der Waals surface area contributed by atoms with Crippen LogP contribution in [-0.4, -0.2) is 12.0 Å². The van der Waals surface area contributed by atoms with Crippen LogP contribution in [-0.2, 0) is 11.2 Å². The highest BCUT2D eigenvalue weighted by Gasteiger charge is 2.24. The minimum Gasteiger partial charge on any atom is -0.481 e. The molecular weight excluding hydrogens is 310 g/mol. The molecule has 0 heterocycles. The number of para-hydroxylation sites is 1. The van der Waals surface area contributed by atoms with Gasteiger partial charge in [-0.15, -0.1) is 0 Å². The van der Waals surface area contributed by atoms with E-state index in [1.165, 1.54) is 11.1 Å². The molecule has 2 aromatic rings. The molecule has 0 aromatic heterocycles. The van der Waals surface area contributed by atoms with Crippen LogP contribution < -0.4 is 10.1 Å². The summed E-state index contributed by atoms with van der Waals surface area (Å²) in [7, 11) is 0. The minimum atomic E-state index is -0.519. The fourth-order valence-electron chi connectivity index (χ4n) is 3.50. The molecule has 0 saturated carbocycles. The molecule has 0 radical (unpaired) electrons. The normalized spacial score (nSPS) is 17.7. The van der Waals surface area contributed by atoms with Gasteiger partial charge in [-0.25, -0.2) is 0 Å². The van der Waals surface area contributed by atoms with Gasteiger partial charge in [0.25, 0.3) is 5.91 Å². The van der Waals surface area contributed by atoms with Crippen molar-refractivity contribution in [1.29, 1.82) is 0 Å². The topological polar surface area (TPSA) is 38.3 Å². The van der Waals surface area contributed by atoms with Gasteiger partial charge in [0.05, 0.1) is 6.04 Å². The first-order chi connectivity index (χ1) is 12.1. The van der Waals surface area contributed by atoms with Crippen LogP contribution in [0.3, 0.4) is 0 Å². The molecule has 1 amide bonds. The van der Waals surface area contributed by atoms with E-state index in [1.807, 2.05) is 31.2 Å². The summed E-state index contributed by atoms with van der Waals surface area (Å²) in [5.41, 5.74) is 3.72. The number of carbonyl (C=O) groups excluding carboxylic acids is 1. The Bertz CT molecular complexity index is 738. The van der Waals surface area contributed by atoms with Gasteiger partial charge in [0.2, 0.25) is 0 Å². The molecule has 1 aliphatic carbocycles. The van der Waals surface area contributed by atoms with E-state index >= 15 is 0 Å². The standard InChI is InChI=1S/C22H27NO2/c1-15(2)18-11-6-7-14-21(18)25-16(3)22(24)23-20-13-8-10-17-9-4-5-12-19(17)20/h4-7,9,11-12,14-16,20H,8,10,13H2,1-3H3,(H,23,24)/t16-,20-/m1/s1. The second kappa shape index (κ2) is 7.73. The summed E-state index contributed by atoms with van der Waals surface area (Å²) in [5.74, 6) is 1.10. The Labute approximate surface area is 150 Å². The number of aryl methyl sites for hydroxylation is 1. The number of benzene rings is 2. The Hall–Kier alpha value is -2.29. The summed E-state index contributed by atoms with van der Waals surface area (Å²) in [6.45, 7) is 6.08. The fourth-order valence-corrected chi connectivity index (χ4v) is 3.50. The maximum Gasteiger partial charge on any atom is 0.261 e. The van der Waals surface area contributed by atoms with E-state index in [2.05, 4.69) is 43.4 Å². The van der Waals surface area contributed by atoms with Gasteiger partial charge in [-0.05, 0) is 54.9 Å². The lowest BCUT2D eigenvalue weighted by molar-refractivity contribution is -0.128. The fraction of sp³-hybridized carbons (Fsp3) is 0.409. The van der Waals surface area contributed by atoms with Crippen LogP contribution in [0.1, 0.15) is 62.3 Å². The molecule has 0 unspecified atom stereocenters. The van der Waals surface area contributed by atoms with Gasteiger partial charge in [0, 0.05) is 0 Å². The molecule has 2 atom stereocenters. The highest BCUT2D eigenvalue weighted by Crippen LogP contribution is 2.30. The lowest BCUT2D eigenvalue weighted by Crippen LogP contribution is -2.39. The predicted octanol–water partition coefficient (Wildman–Crippen LogP) is 4.77. The third-order valence-electron chi connectivity index (χ3n) is 4.90. The van der Waals surface area contributed by atoms with E-state index in [-0.39, 0.29) is 11.9 Å². The molecular formula is C22H27NO2. The molecule has 0 spiro atoms. The van der Waals surface area contributed by atoms with Crippen LogP contribution in [0.4, 0.5) is 0 Å². The number of nitrogens with one attached hydrogen (secondary N) is 1. The van der Waals surface area contributed by atoms with Crippen molar-refractivity contribution < 1.29 is 9.53 Å². The smallest absolute Gasteiger partial charge is 0.261 e. The third kappa shape index (κ3) is 4.04. The molecule has 0 aliphatic heterocycles. The molecule has 1 N–H and O–H groups in total. The summed E-state index contributed by atoms with van der Waals surface area (Å²) in [4.78, 5) is 12.7. The summed E-state index contributed by atoms with van der Waals surface area (Å²) in [6, 6.07) is 16.4. The summed E-state index contributed by atoms with van der Waals surface area (Å²) in [5, 5.41) is 3.18. The van der Waals surface area contributed by atoms with Crippen LogP contribution in [0, 0.1) is 0 Å². The van der Waals surface area contributed by atoms with E-state index in [0.717, 1.165) is 30.6 Å². The molecule has 1 aliphatic rings. The van der Waals surface area contributed by atoms with Gasteiger partial charge in [0.15, 0.2) is 6.10 Å². The SMILES string of the molecule is CC(C)c1ccccc1O[C@H](C)C(=O)N[C@@H]1CCCc2ccccc21. The van der Waals surface area contributed by atoms with Gasteiger partial charge in [-0.2, -0.15) is 0 Å². The Kier molecular flexibility index (Phi) is 5.42. The third-order valence-corrected chi connectivity index (χ3v) is 4.90. The highest BCUT2D eigenvalue weighted by atomic mass is 16.5. The molecule has 3 heteroatoms. The number of hydrogen-bond acceptors (Lipinski definition) is 2. The van der Waals surface area contributed by atoms with Gasteiger partial charge in [-0.1, -0.05) is 56.3 Å².